The van der Waals surface area contributed by atoms with Crippen LogP contribution in [0.25, 0.3) is 0 Å². The van der Waals surface area contributed by atoms with Crippen molar-refractivity contribution in [1.29, 1.82) is 0 Å². The second kappa shape index (κ2) is 5.50. The van der Waals surface area contributed by atoms with Crippen LogP contribution >= 0.6 is 0 Å². The van der Waals surface area contributed by atoms with Gasteiger partial charge in [-0.1, -0.05) is 12.2 Å². The Bertz CT molecular complexity index is 343. The highest BCUT2D eigenvalue weighted by Crippen LogP contribution is 2.28. The molecule has 0 amide bonds. The third-order valence-electron chi connectivity index (χ3n) is 1.79. The maximum absolute atomic E-state index is 12.2. The Kier molecular flexibility index (Phi) is 4.30. The number of hydrogen-bond acceptors (Lipinski definition) is 3. The van der Waals surface area contributed by atoms with Crippen LogP contribution in [0, 0.1) is 0 Å². The quantitative estimate of drug-likeness (QED) is 0.779. The Labute approximate surface area is 91.2 Å². The zero-order valence-electron chi connectivity index (χ0n) is 8.46. The first-order chi connectivity index (χ1) is 7.54. The fourth-order valence-electron chi connectivity index (χ4n) is 1.01. The van der Waals surface area contributed by atoms with E-state index in [4.69, 9.17) is 5.73 Å². The lowest BCUT2D eigenvalue weighted by atomic mass is 10.3. The number of anilines is 1. The number of nitrogens with zero attached hydrogens (tertiary/aromatic N) is 1. The van der Waals surface area contributed by atoms with Crippen LogP contribution in [0.3, 0.4) is 0 Å². The molecule has 1 aromatic rings. The van der Waals surface area contributed by atoms with Crippen LogP contribution in [0.15, 0.2) is 30.5 Å². The van der Waals surface area contributed by atoms with Gasteiger partial charge in [-0.25, -0.2) is 4.98 Å². The fourth-order valence-corrected chi connectivity index (χ4v) is 1.01. The molecule has 0 aromatic carbocycles. The normalized spacial score (nSPS) is 12.0. The van der Waals surface area contributed by atoms with Crippen molar-refractivity contribution in [2.24, 2.45) is 5.73 Å². The van der Waals surface area contributed by atoms with E-state index in [1.807, 2.05) is 0 Å². The monoisotopic (exact) mass is 231 g/mol. The van der Waals surface area contributed by atoms with Crippen LogP contribution in [-0.4, -0.2) is 18.1 Å². The Morgan fingerprint density at radius 1 is 1.31 bits per heavy atom. The van der Waals surface area contributed by atoms with Gasteiger partial charge in [0, 0.05) is 19.3 Å². The molecule has 3 N–H and O–H groups in total. The van der Waals surface area contributed by atoms with Crippen molar-refractivity contribution in [2.75, 3.05) is 18.4 Å². The molecule has 1 heterocycles. The fraction of sp³-hybridized carbons (Fsp3) is 0.300. The highest BCUT2D eigenvalue weighted by atomic mass is 19.4. The Balaban J connectivity index is 2.55. The third-order valence-corrected chi connectivity index (χ3v) is 1.79. The molecule has 0 spiro atoms. The summed E-state index contributed by atoms with van der Waals surface area (Å²) in [5.74, 6) is 0.398. The SMILES string of the molecule is NC/C=C/CNc1ccc(C(F)(F)F)cn1. The molecule has 88 valence electrons. The smallest absolute Gasteiger partial charge is 0.367 e. The van der Waals surface area contributed by atoms with E-state index in [1.165, 1.54) is 6.07 Å². The Hall–Kier alpha value is -1.56. The molecule has 0 aliphatic carbocycles. The molecule has 0 saturated carbocycles. The zero-order valence-corrected chi connectivity index (χ0v) is 8.46. The van der Waals surface area contributed by atoms with Crippen LogP contribution in [0.4, 0.5) is 19.0 Å². The summed E-state index contributed by atoms with van der Waals surface area (Å²) in [4.78, 5) is 3.65. The summed E-state index contributed by atoms with van der Waals surface area (Å²) in [5, 5.41) is 2.84. The van der Waals surface area contributed by atoms with Crippen molar-refractivity contribution < 1.29 is 13.2 Å². The van der Waals surface area contributed by atoms with Gasteiger partial charge in [0.25, 0.3) is 0 Å². The second-order valence-electron chi connectivity index (χ2n) is 3.02. The lowest BCUT2D eigenvalue weighted by Gasteiger charge is -2.07. The van der Waals surface area contributed by atoms with Gasteiger partial charge in [-0.15, -0.1) is 0 Å². The van der Waals surface area contributed by atoms with Gasteiger partial charge in [-0.3, -0.25) is 0 Å². The number of nitrogens with one attached hydrogen (secondary N) is 1. The summed E-state index contributed by atoms with van der Waals surface area (Å²) in [7, 11) is 0. The van der Waals surface area contributed by atoms with Crippen molar-refractivity contribution in [3.8, 4) is 0 Å². The van der Waals surface area contributed by atoms with Crippen LogP contribution in [-0.2, 0) is 6.18 Å². The maximum atomic E-state index is 12.2. The molecule has 0 radical (unpaired) electrons. The van der Waals surface area contributed by atoms with Crippen LogP contribution in [0.2, 0.25) is 0 Å². The average molecular weight is 231 g/mol. The molecule has 16 heavy (non-hydrogen) atoms. The summed E-state index contributed by atoms with van der Waals surface area (Å²) in [5.41, 5.74) is 4.47. The third kappa shape index (κ3) is 3.90. The molecular formula is C10H12F3N3. The van der Waals surface area contributed by atoms with Gasteiger partial charge in [0.1, 0.15) is 5.82 Å². The predicted octanol–water partition coefficient (Wildman–Crippen LogP) is 2.03. The minimum Gasteiger partial charge on any atom is -0.367 e. The number of pyridine rings is 1. The molecule has 0 bridgehead atoms. The Morgan fingerprint density at radius 2 is 2.06 bits per heavy atom. The van der Waals surface area contributed by atoms with Crippen LogP contribution in [0.5, 0.6) is 0 Å². The molecule has 0 saturated heterocycles. The minimum absolute atomic E-state index is 0.398. The van der Waals surface area contributed by atoms with E-state index in [0.717, 1.165) is 12.3 Å². The van der Waals surface area contributed by atoms with Crippen molar-refractivity contribution in [3.05, 3.63) is 36.0 Å². The van der Waals surface area contributed by atoms with Gasteiger partial charge in [-0.2, -0.15) is 13.2 Å². The maximum Gasteiger partial charge on any atom is 0.417 e. The molecule has 0 aliphatic heterocycles. The minimum atomic E-state index is -4.34. The molecule has 1 rings (SSSR count). The summed E-state index contributed by atoms with van der Waals surface area (Å²) in [6.07, 6.45) is -0.0175. The zero-order chi connectivity index (χ0) is 12.0. The van der Waals surface area contributed by atoms with Crippen molar-refractivity contribution in [1.82, 2.24) is 4.98 Å². The topological polar surface area (TPSA) is 50.9 Å². The Morgan fingerprint density at radius 3 is 2.56 bits per heavy atom. The van der Waals surface area contributed by atoms with E-state index in [2.05, 4.69) is 10.3 Å². The van der Waals surface area contributed by atoms with Crippen LogP contribution < -0.4 is 11.1 Å². The van der Waals surface area contributed by atoms with Gasteiger partial charge in [0.05, 0.1) is 5.56 Å². The van der Waals surface area contributed by atoms with Gasteiger partial charge in [0.15, 0.2) is 0 Å². The molecule has 0 fully saturated rings. The van der Waals surface area contributed by atoms with E-state index in [0.29, 0.717) is 18.9 Å². The molecule has 3 nitrogen and oxygen atoms in total. The van der Waals surface area contributed by atoms with Gasteiger partial charge in [0.2, 0.25) is 0 Å². The first-order valence-electron chi connectivity index (χ1n) is 4.66. The molecule has 0 aliphatic rings. The van der Waals surface area contributed by atoms with Gasteiger partial charge in [-0.05, 0) is 12.1 Å². The number of aromatic nitrogens is 1. The van der Waals surface area contributed by atoms with E-state index in [1.54, 1.807) is 12.2 Å². The first-order valence-corrected chi connectivity index (χ1v) is 4.66. The van der Waals surface area contributed by atoms with Crippen molar-refractivity contribution in [3.63, 3.8) is 0 Å². The van der Waals surface area contributed by atoms with Crippen molar-refractivity contribution >= 4 is 5.82 Å². The van der Waals surface area contributed by atoms with Gasteiger partial charge >= 0.3 is 6.18 Å². The number of rotatable bonds is 4. The number of nitrogens with two attached hydrogens (primary N) is 1. The predicted molar refractivity (Wildman–Crippen MR) is 55.9 cm³/mol. The standard InChI is InChI=1S/C10H12F3N3/c11-10(12,13)8-3-4-9(16-7-8)15-6-2-1-5-14/h1-4,7H,5-6,14H2,(H,15,16)/b2-1+. The highest BCUT2D eigenvalue weighted by molar-refractivity contribution is 5.36. The average Bonchev–Trinajstić information content (AvgIpc) is 2.24. The summed E-state index contributed by atoms with van der Waals surface area (Å²) < 4.78 is 36.6. The molecule has 0 unspecified atom stereocenters. The largest absolute Gasteiger partial charge is 0.417 e. The summed E-state index contributed by atoms with van der Waals surface area (Å²) in [6.45, 7) is 0.914. The summed E-state index contributed by atoms with van der Waals surface area (Å²) >= 11 is 0. The van der Waals surface area contributed by atoms with E-state index in [-0.39, 0.29) is 0 Å². The molecular weight excluding hydrogens is 219 g/mol. The molecule has 1 aromatic heterocycles. The lowest BCUT2D eigenvalue weighted by Crippen LogP contribution is -2.07. The number of hydrogen-bond donors (Lipinski definition) is 2. The second-order valence-corrected chi connectivity index (χ2v) is 3.02. The van der Waals surface area contributed by atoms with E-state index >= 15 is 0 Å². The van der Waals surface area contributed by atoms with E-state index < -0.39 is 11.7 Å². The van der Waals surface area contributed by atoms with Crippen molar-refractivity contribution in [2.45, 2.75) is 6.18 Å². The number of halogens is 3. The molecule has 6 heteroatoms. The first kappa shape index (κ1) is 12.5. The van der Waals surface area contributed by atoms with Gasteiger partial charge < -0.3 is 11.1 Å². The van der Waals surface area contributed by atoms with Crippen LogP contribution in [0.1, 0.15) is 5.56 Å². The highest BCUT2D eigenvalue weighted by Gasteiger charge is 2.30. The molecule has 0 atom stereocenters. The lowest BCUT2D eigenvalue weighted by molar-refractivity contribution is -0.137. The number of alkyl halides is 3. The summed E-state index contributed by atoms with van der Waals surface area (Å²) in [6, 6.07) is 2.28. The van der Waals surface area contributed by atoms with E-state index in [9.17, 15) is 13.2 Å².